The van der Waals surface area contributed by atoms with Gasteiger partial charge in [-0.15, -0.1) is 0 Å². The second kappa shape index (κ2) is 7.69. The average molecular weight is 465 g/mol. The number of hydrogen-bond donors (Lipinski definition) is 2. The predicted molar refractivity (Wildman–Crippen MR) is 99.2 cm³/mol. The Morgan fingerprint density at radius 1 is 1.23 bits per heavy atom. The molecule has 0 radical (unpaired) electrons. The maximum Gasteiger partial charge on any atom is 0.417 e. The monoisotopic (exact) mass is 464 g/mol. The molecule has 160 valence electrons. The lowest BCUT2D eigenvalue weighted by molar-refractivity contribution is -0.138. The molecule has 1 amide bonds. The number of hydrogen-bond acceptors (Lipinski definition) is 5. The minimum Gasteiger partial charge on any atom is -0.482 e. The average Bonchev–Trinajstić information content (AvgIpc) is 2.64. The summed E-state index contributed by atoms with van der Waals surface area (Å²) in [5.41, 5.74) is -1.70. The molecular formula is C17H12ClF3N2O6S. The number of aliphatic carboxylic acids is 1. The first-order valence-electron chi connectivity index (χ1n) is 8.07. The quantitative estimate of drug-likeness (QED) is 0.703. The number of rotatable bonds is 5. The molecule has 0 aromatic heterocycles. The van der Waals surface area contributed by atoms with Crippen molar-refractivity contribution in [3.8, 4) is 5.75 Å². The van der Waals surface area contributed by atoms with E-state index in [1.165, 1.54) is 6.07 Å². The van der Waals surface area contributed by atoms with Crippen molar-refractivity contribution >= 4 is 44.9 Å². The Kier molecular flexibility index (Phi) is 5.56. The van der Waals surface area contributed by atoms with E-state index in [2.05, 4.69) is 0 Å². The number of carbonyl (C=O) groups excluding carboxylic acids is 1. The van der Waals surface area contributed by atoms with Crippen molar-refractivity contribution < 1.29 is 41.0 Å². The number of carboxylic acid groups (broad SMARTS) is 1. The second-order valence-electron chi connectivity index (χ2n) is 6.09. The van der Waals surface area contributed by atoms with E-state index in [9.17, 15) is 31.2 Å². The molecule has 0 unspecified atom stereocenters. The van der Waals surface area contributed by atoms with E-state index in [1.807, 2.05) is 4.72 Å². The molecule has 0 atom stereocenters. The van der Waals surface area contributed by atoms with Crippen molar-refractivity contribution in [1.29, 1.82) is 0 Å². The Bertz CT molecular complexity index is 1140. The molecular weight excluding hydrogens is 453 g/mol. The van der Waals surface area contributed by atoms with Gasteiger partial charge in [0.05, 0.1) is 21.2 Å². The Labute approximate surface area is 172 Å². The number of anilines is 2. The minimum absolute atomic E-state index is 0.0839. The maximum absolute atomic E-state index is 13.0. The van der Waals surface area contributed by atoms with Gasteiger partial charge in [-0.05, 0) is 36.4 Å². The summed E-state index contributed by atoms with van der Waals surface area (Å²) < 4.78 is 71.5. The lowest BCUT2D eigenvalue weighted by atomic mass is 10.2. The standard InChI is InChI=1S/C17H12ClF3N2O6S/c18-12-3-1-9(5-11(12)17(19,20)21)22-30(27,28)10-2-4-14-13(6-10)23(7-16(25)26)15(24)8-29-14/h1-6,22H,7-8H2,(H,25,26). The van der Waals surface area contributed by atoms with Crippen molar-refractivity contribution in [2.45, 2.75) is 11.1 Å². The van der Waals surface area contributed by atoms with Gasteiger partial charge in [0.15, 0.2) is 6.61 Å². The van der Waals surface area contributed by atoms with Crippen LogP contribution < -0.4 is 14.4 Å². The largest absolute Gasteiger partial charge is 0.482 e. The van der Waals surface area contributed by atoms with Gasteiger partial charge >= 0.3 is 12.1 Å². The molecule has 13 heteroatoms. The SMILES string of the molecule is O=C(O)CN1C(=O)COc2ccc(S(=O)(=O)Nc3ccc(Cl)c(C(F)(F)F)c3)cc21. The topological polar surface area (TPSA) is 113 Å². The number of sulfonamides is 1. The molecule has 0 fully saturated rings. The van der Waals surface area contributed by atoms with E-state index in [1.54, 1.807) is 0 Å². The minimum atomic E-state index is -4.79. The third-order valence-corrected chi connectivity index (χ3v) is 5.71. The molecule has 0 bridgehead atoms. The number of halogens is 4. The zero-order chi connectivity index (χ0) is 22.3. The summed E-state index contributed by atoms with van der Waals surface area (Å²) in [5.74, 6) is -1.94. The van der Waals surface area contributed by atoms with Crippen LogP contribution in [-0.4, -0.2) is 38.6 Å². The van der Waals surface area contributed by atoms with Crippen molar-refractivity contribution in [2.24, 2.45) is 0 Å². The molecule has 2 aromatic rings. The fraction of sp³-hybridized carbons (Fsp3) is 0.176. The molecule has 1 aliphatic heterocycles. The first kappa shape index (κ1) is 21.7. The Morgan fingerprint density at radius 2 is 1.93 bits per heavy atom. The zero-order valence-electron chi connectivity index (χ0n) is 14.7. The van der Waals surface area contributed by atoms with Crippen LogP contribution in [0.5, 0.6) is 5.75 Å². The number of alkyl halides is 3. The van der Waals surface area contributed by atoms with E-state index in [4.69, 9.17) is 21.4 Å². The highest BCUT2D eigenvalue weighted by atomic mass is 35.5. The van der Waals surface area contributed by atoms with Gasteiger partial charge in [-0.2, -0.15) is 13.2 Å². The van der Waals surface area contributed by atoms with Crippen molar-refractivity contribution in [2.75, 3.05) is 22.8 Å². The Hall–Kier alpha value is -2.99. The molecule has 2 aromatic carbocycles. The van der Waals surface area contributed by atoms with Crippen LogP contribution in [0.2, 0.25) is 5.02 Å². The van der Waals surface area contributed by atoms with Crippen LogP contribution in [0, 0.1) is 0 Å². The van der Waals surface area contributed by atoms with E-state index in [-0.39, 0.29) is 17.1 Å². The smallest absolute Gasteiger partial charge is 0.417 e. The van der Waals surface area contributed by atoms with Crippen molar-refractivity contribution in [3.05, 3.63) is 47.0 Å². The lowest BCUT2D eigenvalue weighted by Gasteiger charge is -2.28. The summed E-state index contributed by atoms with van der Waals surface area (Å²) in [6.45, 7) is -1.14. The first-order valence-corrected chi connectivity index (χ1v) is 9.93. The summed E-state index contributed by atoms with van der Waals surface area (Å²) in [5, 5.41) is 8.38. The molecule has 0 spiro atoms. The summed E-state index contributed by atoms with van der Waals surface area (Å²) >= 11 is 5.52. The van der Waals surface area contributed by atoms with Gasteiger partial charge < -0.3 is 9.84 Å². The fourth-order valence-corrected chi connectivity index (χ4v) is 3.97. The first-order chi connectivity index (χ1) is 13.9. The van der Waals surface area contributed by atoms with Crippen LogP contribution in [0.3, 0.4) is 0 Å². The number of nitrogens with one attached hydrogen (secondary N) is 1. The fourth-order valence-electron chi connectivity index (χ4n) is 2.68. The van der Waals surface area contributed by atoms with Crippen molar-refractivity contribution in [1.82, 2.24) is 0 Å². The van der Waals surface area contributed by atoms with Crippen molar-refractivity contribution in [3.63, 3.8) is 0 Å². The molecule has 8 nitrogen and oxygen atoms in total. The molecule has 0 aliphatic carbocycles. The van der Waals surface area contributed by atoms with Crippen LogP contribution >= 0.6 is 11.6 Å². The van der Waals surface area contributed by atoms with Gasteiger partial charge in [0.25, 0.3) is 15.9 Å². The molecule has 30 heavy (non-hydrogen) atoms. The Balaban J connectivity index is 1.97. The zero-order valence-corrected chi connectivity index (χ0v) is 16.3. The van der Waals surface area contributed by atoms with Crippen LogP contribution in [0.4, 0.5) is 24.5 Å². The highest BCUT2D eigenvalue weighted by Crippen LogP contribution is 2.37. The highest BCUT2D eigenvalue weighted by molar-refractivity contribution is 7.92. The van der Waals surface area contributed by atoms with Crippen LogP contribution in [-0.2, 0) is 25.8 Å². The van der Waals surface area contributed by atoms with Gasteiger partial charge in [-0.1, -0.05) is 11.6 Å². The Morgan fingerprint density at radius 3 is 2.57 bits per heavy atom. The number of fused-ring (bicyclic) bond motifs is 1. The third-order valence-electron chi connectivity index (χ3n) is 4.00. The van der Waals surface area contributed by atoms with E-state index in [0.29, 0.717) is 6.07 Å². The normalized spacial score (nSPS) is 14.1. The molecule has 1 heterocycles. The number of carbonyl (C=O) groups is 2. The van der Waals surface area contributed by atoms with E-state index in [0.717, 1.165) is 29.2 Å². The number of ether oxygens (including phenoxy) is 1. The lowest BCUT2D eigenvalue weighted by Crippen LogP contribution is -2.42. The number of amides is 1. The number of carboxylic acids is 1. The van der Waals surface area contributed by atoms with Crippen LogP contribution in [0.1, 0.15) is 5.56 Å². The summed E-state index contributed by atoms with van der Waals surface area (Å²) in [6, 6.07) is 5.82. The molecule has 0 saturated heterocycles. The maximum atomic E-state index is 13.0. The predicted octanol–water partition coefficient (Wildman–Crippen LogP) is 2.97. The summed E-state index contributed by atoms with van der Waals surface area (Å²) in [4.78, 5) is 23.4. The van der Waals surface area contributed by atoms with Gasteiger partial charge in [0, 0.05) is 5.69 Å². The van der Waals surface area contributed by atoms with E-state index >= 15 is 0 Å². The van der Waals surface area contributed by atoms with E-state index < -0.39 is 56.7 Å². The van der Waals surface area contributed by atoms with Gasteiger partial charge in [0.1, 0.15) is 12.3 Å². The number of nitrogens with zero attached hydrogens (tertiary/aromatic N) is 1. The second-order valence-corrected chi connectivity index (χ2v) is 8.18. The van der Waals surface area contributed by atoms with Gasteiger partial charge in [-0.25, -0.2) is 8.42 Å². The highest BCUT2D eigenvalue weighted by Gasteiger charge is 2.34. The van der Waals surface area contributed by atoms with Crippen LogP contribution in [0.25, 0.3) is 0 Å². The van der Waals surface area contributed by atoms with Gasteiger partial charge in [-0.3, -0.25) is 19.2 Å². The molecule has 1 aliphatic rings. The summed E-state index contributed by atoms with van der Waals surface area (Å²) in [6.07, 6.45) is -4.79. The van der Waals surface area contributed by atoms with Gasteiger partial charge in [0.2, 0.25) is 0 Å². The molecule has 3 rings (SSSR count). The molecule has 2 N–H and O–H groups in total. The van der Waals surface area contributed by atoms with Crippen LogP contribution in [0.15, 0.2) is 41.3 Å². The third kappa shape index (κ3) is 4.44. The number of benzene rings is 2. The summed E-state index contributed by atoms with van der Waals surface area (Å²) in [7, 11) is -4.39. The molecule has 0 saturated carbocycles.